The van der Waals surface area contributed by atoms with Gasteiger partial charge in [0.15, 0.2) is 0 Å². The van der Waals surface area contributed by atoms with E-state index in [2.05, 4.69) is 16.4 Å². The van der Waals surface area contributed by atoms with Crippen molar-refractivity contribution in [2.24, 2.45) is 0 Å². The molecular formula is C29H30N5O5P. The van der Waals surface area contributed by atoms with Gasteiger partial charge < -0.3 is 19.7 Å². The van der Waals surface area contributed by atoms with E-state index in [9.17, 15) is 19.5 Å². The van der Waals surface area contributed by atoms with Crippen LogP contribution in [0.4, 0.5) is 5.69 Å². The molecule has 2 aromatic carbocycles. The Morgan fingerprint density at radius 3 is 2.67 bits per heavy atom. The maximum absolute atomic E-state index is 12.3. The number of nitrogens with zero attached hydrogens (tertiary/aromatic N) is 4. The van der Waals surface area contributed by atoms with E-state index in [1.807, 2.05) is 55.4 Å². The van der Waals surface area contributed by atoms with Gasteiger partial charge in [0.1, 0.15) is 12.4 Å². The van der Waals surface area contributed by atoms with Crippen molar-refractivity contribution in [2.75, 3.05) is 32.6 Å². The number of carbonyl (C=O) groups excluding carboxylic acids is 1. The van der Waals surface area contributed by atoms with Gasteiger partial charge in [-0.2, -0.15) is 5.26 Å². The minimum atomic E-state index is -4.23. The zero-order chi connectivity index (χ0) is 28.7. The van der Waals surface area contributed by atoms with Crippen molar-refractivity contribution in [2.45, 2.75) is 13.7 Å². The van der Waals surface area contributed by atoms with Crippen LogP contribution in [0, 0.1) is 11.3 Å². The van der Waals surface area contributed by atoms with Gasteiger partial charge in [-0.15, -0.1) is 0 Å². The number of fused-ring (bicyclic) bond motifs is 1. The molecule has 0 saturated carbocycles. The van der Waals surface area contributed by atoms with Crippen molar-refractivity contribution in [1.29, 1.82) is 5.26 Å². The number of phosphoric acid groups is 1. The van der Waals surface area contributed by atoms with Crippen molar-refractivity contribution in [1.82, 2.24) is 14.5 Å². The Kier molecular flexibility index (Phi) is 9.27. The largest absolute Gasteiger partial charge is 0.473 e. The molecule has 4 aromatic rings. The van der Waals surface area contributed by atoms with Crippen molar-refractivity contribution < 1.29 is 23.3 Å². The number of likely N-dealkylation sites (N-methyl/N-ethyl adjacent to an activating group) is 1. The lowest BCUT2D eigenvalue weighted by molar-refractivity contribution is -0.111. The summed E-state index contributed by atoms with van der Waals surface area (Å²) in [5.41, 5.74) is 4.84. The highest BCUT2D eigenvalue weighted by molar-refractivity contribution is 7.47. The van der Waals surface area contributed by atoms with E-state index in [1.54, 1.807) is 48.2 Å². The maximum Gasteiger partial charge on any atom is 0.473 e. The second-order valence-corrected chi connectivity index (χ2v) is 10.6. The van der Waals surface area contributed by atoms with Gasteiger partial charge in [-0.3, -0.25) is 13.8 Å². The van der Waals surface area contributed by atoms with Gasteiger partial charge in [0.25, 0.3) is 0 Å². The van der Waals surface area contributed by atoms with Crippen LogP contribution in [0.15, 0.2) is 79.1 Å². The average Bonchev–Trinajstić information content (AvgIpc) is 3.30. The molecule has 10 nitrogen and oxygen atoms in total. The molecule has 0 aliphatic heterocycles. The molecule has 2 N–H and O–H groups in total. The Bertz CT molecular complexity index is 1640. The zero-order valence-corrected chi connectivity index (χ0v) is 23.3. The summed E-state index contributed by atoms with van der Waals surface area (Å²) in [5, 5.41) is 13.0. The van der Waals surface area contributed by atoms with Gasteiger partial charge in [-0.1, -0.05) is 30.3 Å². The number of hydrogen-bond donors (Lipinski definition) is 2. The highest BCUT2D eigenvalue weighted by Gasteiger charge is 2.22. The Morgan fingerprint density at radius 2 is 1.93 bits per heavy atom. The predicted octanol–water partition coefficient (Wildman–Crippen LogP) is 5.41. The molecule has 4 rings (SSSR count). The van der Waals surface area contributed by atoms with Crippen LogP contribution in [0.5, 0.6) is 0 Å². The third kappa shape index (κ3) is 7.30. The monoisotopic (exact) mass is 559 g/mol. The van der Waals surface area contributed by atoms with Gasteiger partial charge in [-0.25, -0.2) is 9.55 Å². The number of nitrogens with one attached hydrogen (secondary N) is 1. The first-order valence-electron chi connectivity index (χ1n) is 12.5. The second-order valence-electron chi connectivity index (χ2n) is 9.18. The molecule has 1 unspecified atom stereocenters. The zero-order valence-electron chi connectivity index (χ0n) is 22.4. The lowest BCUT2D eigenvalue weighted by Crippen LogP contribution is -2.12. The first kappa shape index (κ1) is 28.9. The van der Waals surface area contributed by atoms with E-state index < -0.39 is 7.82 Å². The highest BCUT2D eigenvalue weighted by Crippen LogP contribution is 2.44. The molecule has 0 saturated heterocycles. The summed E-state index contributed by atoms with van der Waals surface area (Å²) in [7, 11) is -0.380. The van der Waals surface area contributed by atoms with E-state index in [1.165, 1.54) is 6.08 Å². The number of phosphoric ester groups is 1. The van der Waals surface area contributed by atoms with E-state index in [0.717, 1.165) is 27.6 Å². The molecule has 0 aliphatic rings. The van der Waals surface area contributed by atoms with E-state index >= 15 is 0 Å². The first-order valence-corrected chi connectivity index (χ1v) is 14.0. The van der Waals surface area contributed by atoms with E-state index in [0.29, 0.717) is 23.4 Å². The number of carbonyl (C=O) groups is 1. The molecule has 1 amide bonds. The van der Waals surface area contributed by atoms with Crippen LogP contribution < -0.4 is 5.32 Å². The number of amides is 1. The lowest BCUT2D eigenvalue weighted by Gasteiger charge is -2.12. The minimum Gasteiger partial charge on any atom is -0.323 e. The minimum absolute atomic E-state index is 0.0277. The quantitative estimate of drug-likeness (QED) is 0.184. The Balaban J connectivity index is 1.71. The van der Waals surface area contributed by atoms with Crippen LogP contribution in [0.2, 0.25) is 0 Å². The van der Waals surface area contributed by atoms with Gasteiger partial charge >= 0.3 is 7.82 Å². The Labute approximate surface area is 232 Å². The molecular weight excluding hydrogens is 529 g/mol. The molecule has 2 aromatic heterocycles. The van der Waals surface area contributed by atoms with Crippen molar-refractivity contribution >= 4 is 30.5 Å². The molecule has 0 bridgehead atoms. The van der Waals surface area contributed by atoms with Crippen LogP contribution in [-0.4, -0.2) is 52.5 Å². The van der Waals surface area contributed by atoms with Crippen LogP contribution in [0.1, 0.15) is 12.5 Å². The number of pyridine rings is 1. The van der Waals surface area contributed by atoms with Crippen LogP contribution in [-0.2, 0) is 25.1 Å². The number of hydrogen-bond acceptors (Lipinski definition) is 7. The Hall–Kier alpha value is -4.10. The summed E-state index contributed by atoms with van der Waals surface area (Å²) in [6.07, 6.45) is 6.75. The summed E-state index contributed by atoms with van der Waals surface area (Å²) < 4.78 is 23.7. The summed E-state index contributed by atoms with van der Waals surface area (Å²) in [5.74, 6) is -0.225. The van der Waals surface area contributed by atoms with Crippen molar-refractivity contribution in [3.05, 3.63) is 84.7 Å². The molecule has 0 spiro atoms. The van der Waals surface area contributed by atoms with E-state index in [4.69, 9.17) is 9.05 Å². The number of benzene rings is 2. The number of rotatable bonds is 11. The van der Waals surface area contributed by atoms with Gasteiger partial charge in [0, 0.05) is 47.2 Å². The molecule has 206 valence electrons. The van der Waals surface area contributed by atoms with Crippen molar-refractivity contribution in [3.63, 3.8) is 0 Å². The van der Waals surface area contributed by atoms with Gasteiger partial charge in [0.2, 0.25) is 5.91 Å². The molecule has 1 atom stereocenters. The fraction of sp³-hybridized carbons (Fsp3) is 0.207. The SMILES string of the molecule is CCOP(=O)(O)OCn1cc(-c2cccc(C#N)c2)c2cc(-c3cccc(NC(=O)/C=C/CN(C)C)c3)cnc21. The van der Waals surface area contributed by atoms with Crippen LogP contribution >= 0.6 is 7.82 Å². The lowest BCUT2D eigenvalue weighted by atomic mass is 10.0. The van der Waals surface area contributed by atoms with E-state index in [-0.39, 0.29) is 19.2 Å². The van der Waals surface area contributed by atoms with Gasteiger partial charge in [0.05, 0.1) is 18.2 Å². The third-order valence-electron chi connectivity index (χ3n) is 5.87. The number of aromatic nitrogens is 2. The normalized spacial score (nSPS) is 13.0. The predicted molar refractivity (Wildman–Crippen MR) is 154 cm³/mol. The number of nitriles is 1. The molecule has 2 heterocycles. The van der Waals surface area contributed by atoms with Gasteiger partial charge in [-0.05, 0) is 62.5 Å². The average molecular weight is 560 g/mol. The molecule has 0 radical (unpaired) electrons. The highest BCUT2D eigenvalue weighted by atomic mass is 31.2. The van der Waals surface area contributed by atoms with Crippen LogP contribution in [0.3, 0.4) is 0 Å². The molecule has 0 fully saturated rings. The molecule has 11 heteroatoms. The van der Waals surface area contributed by atoms with Crippen molar-refractivity contribution in [3.8, 4) is 28.3 Å². The fourth-order valence-corrected chi connectivity index (χ4v) is 4.75. The third-order valence-corrected chi connectivity index (χ3v) is 6.90. The topological polar surface area (TPSA) is 130 Å². The standard InChI is InChI=1S/C29H30N5O5P/c1-4-38-40(36,37)39-20-34-19-27(23-10-5-8-21(14-23)17-30)26-16-24(18-31-29(26)34)22-9-6-11-25(15-22)32-28(35)12-7-13-33(2)3/h5-12,14-16,18-19H,4,13,20H2,1-3H3,(H,32,35)(H,36,37)/b12-7+. The number of anilines is 1. The summed E-state index contributed by atoms with van der Waals surface area (Å²) >= 11 is 0. The maximum atomic E-state index is 12.3. The summed E-state index contributed by atoms with van der Waals surface area (Å²) in [4.78, 5) is 28.8. The second kappa shape index (κ2) is 12.8. The summed E-state index contributed by atoms with van der Waals surface area (Å²) in [6, 6.07) is 18.7. The fourth-order valence-electron chi connectivity index (χ4n) is 4.08. The Morgan fingerprint density at radius 1 is 1.15 bits per heavy atom. The smallest absolute Gasteiger partial charge is 0.323 e. The van der Waals surface area contributed by atoms with Crippen LogP contribution in [0.25, 0.3) is 33.3 Å². The first-order chi connectivity index (χ1) is 19.2. The summed E-state index contributed by atoms with van der Waals surface area (Å²) in [6.45, 7) is 2.02. The molecule has 0 aliphatic carbocycles. The molecule has 40 heavy (non-hydrogen) atoms.